The monoisotopic (exact) mass is 450 g/mol. The number of hydrogen-bond donors (Lipinski definition) is 0. The van der Waals surface area contributed by atoms with Crippen LogP contribution in [0.5, 0.6) is 5.75 Å². The van der Waals surface area contributed by atoms with Crippen LogP contribution in [0.25, 0.3) is 11.6 Å². The third kappa shape index (κ3) is 5.09. The van der Waals surface area contributed by atoms with Crippen molar-refractivity contribution in [1.29, 1.82) is 5.26 Å². The van der Waals surface area contributed by atoms with Gasteiger partial charge < -0.3 is 4.74 Å². The molecular weight excluding hydrogens is 431 g/mol. The van der Waals surface area contributed by atoms with Gasteiger partial charge in [0.2, 0.25) is 10.0 Å². The first kappa shape index (κ1) is 22.9. The van der Waals surface area contributed by atoms with Crippen molar-refractivity contribution in [2.45, 2.75) is 4.90 Å². The highest BCUT2D eigenvalue weighted by Gasteiger charge is 2.18. The predicted octanol–water partition coefficient (Wildman–Crippen LogP) is 4.36. The molecule has 0 unspecified atom stereocenters. The Kier molecular flexibility index (Phi) is 6.83. The standard InChI is InChI=1S/C24H19FN2O4S/c1-27(2)32(29,30)21-13-9-18(10-14-21)24(28)31-20-11-7-17(8-12-20)15-19(16-26)22-5-3-4-6-23(22)25/h3-15H,1-2H3/b19-15-. The van der Waals surface area contributed by atoms with E-state index in [0.29, 0.717) is 5.56 Å². The predicted molar refractivity (Wildman–Crippen MR) is 119 cm³/mol. The Hall–Kier alpha value is -3.80. The van der Waals surface area contributed by atoms with Crippen LogP contribution in [0, 0.1) is 17.1 Å². The van der Waals surface area contributed by atoms with E-state index in [2.05, 4.69) is 0 Å². The van der Waals surface area contributed by atoms with Crippen molar-refractivity contribution in [3.05, 3.63) is 95.3 Å². The normalized spacial score (nSPS) is 11.8. The second kappa shape index (κ2) is 9.56. The summed E-state index contributed by atoms with van der Waals surface area (Å²) in [5.74, 6) is -0.872. The van der Waals surface area contributed by atoms with Gasteiger partial charge in [0.25, 0.3) is 0 Å². The summed E-state index contributed by atoms with van der Waals surface area (Å²) in [6, 6.07) is 19.8. The molecule has 0 aromatic heterocycles. The van der Waals surface area contributed by atoms with Crippen LogP contribution < -0.4 is 4.74 Å². The third-order valence-corrected chi connectivity index (χ3v) is 6.38. The number of nitrogens with zero attached hydrogens (tertiary/aromatic N) is 2. The molecule has 3 aromatic rings. The number of ether oxygens (including phenoxy) is 1. The van der Waals surface area contributed by atoms with Crippen LogP contribution in [-0.4, -0.2) is 32.8 Å². The molecule has 0 spiro atoms. The van der Waals surface area contributed by atoms with E-state index in [1.165, 1.54) is 56.6 Å². The Labute approximate surface area is 185 Å². The van der Waals surface area contributed by atoms with Gasteiger partial charge in [-0.2, -0.15) is 5.26 Å². The van der Waals surface area contributed by atoms with Crippen molar-refractivity contribution < 1.29 is 22.3 Å². The van der Waals surface area contributed by atoms with Gasteiger partial charge in [0.1, 0.15) is 11.6 Å². The minimum Gasteiger partial charge on any atom is -0.423 e. The molecule has 3 rings (SSSR count). The second-order valence-corrected chi connectivity index (χ2v) is 9.07. The molecule has 0 bridgehead atoms. The molecule has 6 nitrogen and oxygen atoms in total. The summed E-state index contributed by atoms with van der Waals surface area (Å²) in [6.45, 7) is 0. The van der Waals surface area contributed by atoms with Gasteiger partial charge in [0.05, 0.1) is 22.1 Å². The molecule has 0 saturated carbocycles. The first-order valence-electron chi connectivity index (χ1n) is 9.44. The fourth-order valence-electron chi connectivity index (χ4n) is 2.79. The van der Waals surface area contributed by atoms with E-state index >= 15 is 0 Å². The summed E-state index contributed by atoms with van der Waals surface area (Å²) in [5, 5.41) is 9.37. The topological polar surface area (TPSA) is 87.5 Å². The zero-order valence-corrected chi connectivity index (χ0v) is 18.1. The smallest absolute Gasteiger partial charge is 0.343 e. The minimum absolute atomic E-state index is 0.0679. The number of rotatable bonds is 6. The molecule has 0 aliphatic carbocycles. The Balaban J connectivity index is 1.74. The average molecular weight is 450 g/mol. The summed E-state index contributed by atoms with van der Waals surface area (Å²) < 4.78 is 44.6. The molecule has 0 amide bonds. The maximum absolute atomic E-state index is 13.9. The Bertz CT molecular complexity index is 1310. The largest absolute Gasteiger partial charge is 0.423 e. The van der Waals surface area contributed by atoms with Crippen molar-refractivity contribution >= 4 is 27.6 Å². The third-order valence-electron chi connectivity index (χ3n) is 4.55. The van der Waals surface area contributed by atoms with Crippen LogP contribution in [0.15, 0.2) is 77.7 Å². The molecule has 0 aliphatic rings. The van der Waals surface area contributed by atoms with Gasteiger partial charge in [-0.25, -0.2) is 21.9 Å². The molecule has 0 radical (unpaired) electrons. The molecule has 0 N–H and O–H groups in total. The molecular formula is C24H19FN2O4S. The lowest BCUT2D eigenvalue weighted by Crippen LogP contribution is -2.22. The number of carbonyl (C=O) groups excluding carboxylic acids is 1. The van der Waals surface area contributed by atoms with Gasteiger partial charge in [-0.1, -0.05) is 30.3 Å². The zero-order chi connectivity index (χ0) is 23.3. The molecule has 0 aliphatic heterocycles. The van der Waals surface area contributed by atoms with Crippen LogP contribution in [0.4, 0.5) is 4.39 Å². The molecule has 32 heavy (non-hydrogen) atoms. The molecule has 0 heterocycles. The number of nitriles is 1. The number of benzene rings is 3. The van der Waals surface area contributed by atoms with Crippen molar-refractivity contribution in [2.24, 2.45) is 0 Å². The summed E-state index contributed by atoms with van der Waals surface area (Å²) in [4.78, 5) is 12.4. The molecule has 0 fully saturated rings. The van der Waals surface area contributed by atoms with Crippen LogP contribution in [-0.2, 0) is 10.0 Å². The summed E-state index contributed by atoms with van der Waals surface area (Å²) in [6.07, 6.45) is 1.54. The van der Waals surface area contributed by atoms with Crippen LogP contribution >= 0.6 is 0 Å². The average Bonchev–Trinajstić information content (AvgIpc) is 2.79. The van der Waals surface area contributed by atoms with E-state index in [1.807, 2.05) is 6.07 Å². The summed E-state index contributed by atoms with van der Waals surface area (Å²) in [5.41, 5.74) is 1.19. The minimum atomic E-state index is -3.59. The van der Waals surface area contributed by atoms with Gasteiger partial charge in [-0.15, -0.1) is 0 Å². The fourth-order valence-corrected chi connectivity index (χ4v) is 3.69. The van der Waals surface area contributed by atoms with Gasteiger partial charge in [-0.3, -0.25) is 0 Å². The summed E-state index contributed by atoms with van der Waals surface area (Å²) >= 11 is 0. The quantitative estimate of drug-likeness (QED) is 0.241. The van der Waals surface area contributed by atoms with Crippen molar-refractivity contribution in [3.63, 3.8) is 0 Å². The highest BCUT2D eigenvalue weighted by Crippen LogP contribution is 2.22. The molecule has 162 valence electrons. The van der Waals surface area contributed by atoms with Crippen molar-refractivity contribution in [2.75, 3.05) is 14.1 Å². The number of carbonyl (C=O) groups is 1. The Morgan fingerprint density at radius 3 is 2.19 bits per heavy atom. The lowest BCUT2D eigenvalue weighted by atomic mass is 10.0. The lowest BCUT2D eigenvalue weighted by Gasteiger charge is -2.11. The maximum Gasteiger partial charge on any atom is 0.343 e. The Morgan fingerprint density at radius 1 is 1.00 bits per heavy atom. The Morgan fingerprint density at radius 2 is 1.62 bits per heavy atom. The zero-order valence-electron chi connectivity index (χ0n) is 17.3. The van der Waals surface area contributed by atoms with Gasteiger partial charge in [-0.05, 0) is 54.1 Å². The number of halogens is 1. The first-order valence-corrected chi connectivity index (χ1v) is 10.9. The second-order valence-electron chi connectivity index (χ2n) is 6.92. The van der Waals surface area contributed by atoms with Gasteiger partial charge >= 0.3 is 5.97 Å². The van der Waals surface area contributed by atoms with Gasteiger partial charge in [0.15, 0.2) is 0 Å². The first-order chi connectivity index (χ1) is 15.2. The van der Waals surface area contributed by atoms with E-state index in [-0.39, 0.29) is 27.3 Å². The molecule has 0 atom stereocenters. The molecule has 3 aromatic carbocycles. The lowest BCUT2D eigenvalue weighted by molar-refractivity contribution is 0.0734. The van der Waals surface area contributed by atoms with E-state index in [9.17, 15) is 22.9 Å². The summed E-state index contributed by atoms with van der Waals surface area (Å²) in [7, 11) is -0.743. The SMILES string of the molecule is CN(C)S(=O)(=O)c1ccc(C(=O)Oc2ccc(/C=C(/C#N)c3ccccc3F)cc2)cc1. The maximum atomic E-state index is 13.9. The van der Waals surface area contributed by atoms with Crippen molar-refractivity contribution in [3.8, 4) is 11.8 Å². The molecule has 0 saturated heterocycles. The van der Waals surface area contributed by atoms with E-state index in [4.69, 9.17) is 4.74 Å². The van der Waals surface area contributed by atoms with Crippen LogP contribution in [0.2, 0.25) is 0 Å². The van der Waals surface area contributed by atoms with Crippen LogP contribution in [0.3, 0.4) is 0 Å². The number of sulfonamides is 1. The van der Waals surface area contributed by atoms with Crippen LogP contribution in [0.1, 0.15) is 21.5 Å². The van der Waals surface area contributed by atoms with Gasteiger partial charge in [0, 0.05) is 19.7 Å². The fraction of sp³-hybridized carbons (Fsp3) is 0.0833. The van der Waals surface area contributed by atoms with E-state index < -0.39 is 21.8 Å². The van der Waals surface area contributed by atoms with Crippen molar-refractivity contribution in [1.82, 2.24) is 4.31 Å². The number of esters is 1. The highest BCUT2D eigenvalue weighted by molar-refractivity contribution is 7.89. The molecule has 8 heteroatoms. The highest BCUT2D eigenvalue weighted by atomic mass is 32.2. The van der Waals surface area contributed by atoms with E-state index in [0.717, 1.165) is 4.31 Å². The number of allylic oxidation sites excluding steroid dienone is 1. The van der Waals surface area contributed by atoms with E-state index in [1.54, 1.807) is 36.4 Å². The number of hydrogen-bond acceptors (Lipinski definition) is 5.